The molecule has 0 aliphatic carbocycles. The van der Waals surface area contributed by atoms with E-state index in [0.29, 0.717) is 0 Å². The molecule has 15 heavy (non-hydrogen) atoms. The van der Waals surface area contributed by atoms with Gasteiger partial charge < -0.3 is 0 Å². The Morgan fingerprint density at radius 1 is 0.867 bits per heavy atom. The highest BCUT2D eigenvalue weighted by Crippen LogP contribution is 2.40. The minimum absolute atomic E-state index is 0.766. The lowest BCUT2D eigenvalue weighted by molar-refractivity contribution is 0.837. The average molecular weight is 224 g/mol. The Hall–Kier alpha value is -0.223. The molecule has 88 valence electrons. The fourth-order valence-electron chi connectivity index (χ4n) is 2.77. The van der Waals surface area contributed by atoms with Crippen molar-refractivity contribution < 1.29 is 0 Å². The second kappa shape index (κ2) is 6.38. The minimum atomic E-state index is -1.43. The Morgan fingerprint density at radius 2 is 1.27 bits per heavy atom. The molecule has 0 fully saturated rings. The Balaban J connectivity index is 5.08. The third kappa shape index (κ3) is 3.38. The second-order valence-corrected chi connectivity index (χ2v) is 11.0. The van der Waals surface area contributed by atoms with Gasteiger partial charge in [-0.1, -0.05) is 48.5 Å². The molecular weight excluding hydrogens is 196 g/mol. The zero-order chi connectivity index (χ0) is 12.1. The Labute approximate surface area is 97.9 Å². The van der Waals surface area contributed by atoms with E-state index in [1.807, 2.05) is 0 Å². The van der Waals surface area contributed by atoms with Crippen LogP contribution in [0.2, 0.25) is 16.6 Å². The predicted octanol–water partition coefficient (Wildman–Crippen LogP) is 5.01. The van der Waals surface area contributed by atoms with Gasteiger partial charge in [-0.15, -0.1) is 11.5 Å². The van der Waals surface area contributed by atoms with E-state index >= 15 is 0 Å². The van der Waals surface area contributed by atoms with Crippen molar-refractivity contribution in [2.24, 2.45) is 0 Å². The van der Waals surface area contributed by atoms with Crippen molar-refractivity contribution in [3.8, 4) is 11.5 Å². The van der Waals surface area contributed by atoms with Gasteiger partial charge in [0.15, 0.2) is 0 Å². The van der Waals surface area contributed by atoms with Crippen LogP contribution in [0, 0.1) is 11.5 Å². The average Bonchev–Trinajstić information content (AvgIpc) is 2.10. The van der Waals surface area contributed by atoms with Crippen LogP contribution < -0.4 is 0 Å². The first-order valence-corrected chi connectivity index (χ1v) is 8.62. The van der Waals surface area contributed by atoms with Gasteiger partial charge in [0.25, 0.3) is 0 Å². The minimum Gasteiger partial charge on any atom is -0.130 e. The van der Waals surface area contributed by atoms with Crippen molar-refractivity contribution in [2.45, 2.75) is 77.9 Å². The molecule has 0 aliphatic rings. The highest BCUT2D eigenvalue weighted by molar-refractivity contribution is 6.90. The van der Waals surface area contributed by atoms with Gasteiger partial charge in [-0.05, 0) is 23.0 Å². The standard InChI is InChI=1S/C14H28Si/c1-8-9-10-11-15(12(2)3,13(4)5)14(6)7/h12-14H,8-9H2,1-7H3. The van der Waals surface area contributed by atoms with Crippen molar-refractivity contribution in [1.82, 2.24) is 0 Å². The maximum atomic E-state index is 3.72. The summed E-state index contributed by atoms with van der Waals surface area (Å²) in [5.41, 5.74) is 6.02. The van der Waals surface area contributed by atoms with Crippen molar-refractivity contribution in [1.29, 1.82) is 0 Å². The fourth-order valence-corrected chi connectivity index (χ4v) is 8.07. The summed E-state index contributed by atoms with van der Waals surface area (Å²) in [4.78, 5) is 0. The van der Waals surface area contributed by atoms with E-state index in [2.05, 4.69) is 59.9 Å². The smallest absolute Gasteiger partial charge is 0.130 e. The van der Waals surface area contributed by atoms with E-state index in [-0.39, 0.29) is 0 Å². The molecule has 0 aliphatic heterocycles. The lowest BCUT2D eigenvalue weighted by Gasteiger charge is -2.38. The van der Waals surface area contributed by atoms with E-state index in [1.165, 1.54) is 6.42 Å². The molecule has 1 heteroatoms. The molecule has 0 aromatic heterocycles. The third-order valence-electron chi connectivity index (χ3n) is 3.55. The van der Waals surface area contributed by atoms with Gasteiger partial charge in [-0.3, -0.25) is 0 Å². The van der Waals surface area contributed by atoms with Gasteiger partial charge in [0.1, 0.15) is 8.07 Å². The Bertz CT molecular complexity index is 206. The second-order valence-electron chi connectivity index (χ2n) is 5.45. The summed E-state index contributed by atoms with van der Waals surface area (Å²) in [7, 11) is -1.43. The molecule has 0 nitrogen and oxygen atoms in total. The van der Waals surface area contributed by atoms with Gasteiger partial charge in [0, 0.05) is 6.42 Å². The van der Waals surface area contributed by atoms with Crippen LogP contribution in [0.4, 0.5) is 0 Å². The van der Waals surface area contributed by atoms with Crippen LogP contribution >= 0.6 is 0 Å². The summed E-state index contributed by atoms with van der Waals surface area (Å²) >= 11 is 0. The summed E-state index contributed by atoms with van der Waals surface area (Å²) in [5.74, 6) is 3.43. The molecule has 0 saturated heterocycles. The summed E-state index contributed by atoms with van der Waals surface area (Å²) < 4.78 is 0. The molecular formula is C14H28Si. The zero-order valence-electron chi connectivity index (χ0n) is 11.6. The number of hydrogen-bond donors (Lipinski definition) is 0. The fraction of sp³-hybridized carbons (Fsp3) is 0.857. The predicted molar refractivity (Wildman–Crippen MR) is 73.7 cm³/mol. The van der Waals surface area contributed by atoms with Crippen molar-refractivity contribution in [3.05, 3.63) is 0 Å². The van der Waals surface area contributed by atoms with Crippen LogP contribution in [0.5, 0.6) is 0 Å². The summed E-state index contributed by atoms with van der Waals surface area (Å²) in [5, 5.41) is 0. The molecule has 0 atom stereocenters. The first kappa shape index (κ1) is 14.8. The number of rotatable bonds is 4. The highest BCUT2D eigenvalue weighted by Gasteiger charge is 2.41. The van der Waals surface area contributed by atoms with Gasteiger partial charge in [-0.25, -0.2) is 0 Å². The molecule has 0 N–H and O–H groups in total. The molecule has 0 spiro atoms. The van der Waals surface area contributed by atoms with E-state index in [4.69, 9.17) is 0 Å². The molecule has 0 bridgehead atoms. The van der Waals surface area contributed by atoms with E-state index < -0.39 is 8.07 Å². The first-order chi connectivity index (χ1) is 6.89. The normalized spacial score (nSPS) is 12.1. The van der Waals surface area contributed by atoms with Gasteiger partial charge in [-0.2, -0.15) is 0 Å². The monoisotopic (exact) mass is 224 g/mol. The van der Waals surface area contributed by atoms with Crippen LogP contribution in [-0.2, 0) is 0 Å². The molecule has 0 radical (unpaired) electrons. The van der Waals surface area contributed by atoms with E-state index in [9.17, 15) is 0 Å². The van der Waals surface area contributed by atoms with Crippen LogP contribution in [0.25, 0.3) is 0 Å². The molecule has 0 rings (SSSR count). The maximum absolute atomic E-state index is 3.72. The Kier molecular flexibility index (Phi) is 6.28. The third-order valence-corrected chi connectivity index (χ3v) is 9.89. The summed E-state index contributed by atoms with van der Waals surface area (Å²) in [6, 6.07) is 0. The maximum Gasteiger partial charge on any atom is 0.145 e. The highest BCUT2D eigenvalue weighted by atomic mass is 28.3. The molecule has 0 amide bonds. The van der Waals surface area contributed by atoms with Crippen LogP contribution in [-0.4, -0.2) is 8.07 Å². The number of unbranched alkanes of at least 4 members (excludes halogenated alkanes) is 1. The van der Waals surface area contributed by atoms with Gasteiger partial charge in [0.05, 0.1) is 0 Å². The SMILES string of the molecule is CCCC#C[Si](C(C)C)(C(C)C)C(C)C. The van der Waals surface area contributed by atoms with Crippen LogP contribution in [0.1, 0.15) is 61.3 Å². The molecule has 0 saturated carbocycles. The van der Waals surface area contributed by atoms with Crippen LogP contribution in [0.15, 0.2) is 0 Å². The van der Waals surface area contributed by atoms with E-state index in [1.54, 1.807) is 0 Å². The molecule has 0 aromatic carbocycles. The topological polar surface area (TPSA) is 0 Å². The quantitative estimate of drug-likeness (QED) is 0.465. The Morgan fingerprint density at radius 3 is 1.53 bits per heavy atom. The molecule has 0 unspecified atom stereocenters. The largest absolute Gasteiger partial charge is 0.145 e. The molecule has 0 heterocycles. The summed E-state index contributed by atoms with van der Waals surface area (Å²) in [6.45, 7) is 16.4. The lowest BCUT2D eigenvalue weighted by Crippen LogP contribution is -2.43. The van der Waals surface area contributed by atoms with Gasteiger partial charge >= 0.3 is 0 Å². The van der Waals surface area contributed by atoms with Gasteiger partial charge in [0.2, 0.25) is 0 Å². The van der Waals surface area contributed by atoms with Crippen molar-refractivity contribution >= 4 is 8.07 Å². The van der Waals surface area contributed by atoms with Crippen molar-refractivity contribution in [2.75, 3.05) is 0 Å². The van der Waals surface area contributed by atoms with Crippen LogP contribution in [0.3, 0.4) is 0 Å². The first-order valence-electron chi connectivity index (χ1n) is 6.39. The van der Waals surface area contributed by atoms with Crippen molar-refractivity contribution in [3.63, 3.8) is 0 Å². The zero-order valence-corrected chi connectivity index (χ0v) is 12.6. The number of hydrogen-bond acceptors (Lipinski definition) is 0. The van der Waals surface area contributed by atoms with E-state index in [0.717, 1.165) is 23.0 Å². The summed E-state index contributed by atoms with van der Waals surface area (Å²) in [6.07, 6.45) is 2.26. The molecule has 0 aromatic rings. The lowest BCUT2D eigenvalue weighted by atomic mass is 10.4.